The molecule has 27 heavy (non-hydrogen) atoms. The third kappa shape index (κ3) is 3.31. The number of halogens is 1. The molecule has 1 fully saturated rings. The lowest BCUT2D eigenvalue weighted by Crippen LogP contribution is -2.42. The monoisotopic (exact) mass is 381 g/mol. The minimum Gasteiger partial charge on any atom is -0.466 e. The summed E-state index contributed by atoms with van der Waals surface area (Å²) >= 11 is 0. The van der Waals surface area contributed by atoms with Gasteiger partial charge >= 0.3 is 0 Å². The Bertz CT molecular complexity index is 870. The molecule has 2 aromatic carbocycles. The molecule has 3 aromatic rings. The molecule has 140 valence electrons. The number of likely N-dealkylation sites (tertiary alicyclic amines) is 1. The molecule has 0 bridgehead atoms. The van der Waals surface area contributed by atoms with E-state index in [0.29, 0.717) is 0 Å². The topological polar surface area (TPSA) is 25.6 Å². The molecule has 1 unspecified atom stereocenters. The summed E-state index contributed by atoms with van der Waals surface area (Å²) < 4.78 is 12.4. The Hall–Kier alpha value is -2.07. The molecule has 0 amide bonds. The number of hydrogen-bond acceptors (Lipinski definition) is 3. The molecule has 3 nitrogen and oxygen atoms in total. The van der Waals surface area contributed by atoms with Crippen LogP contribution in [0.15, 0.2) is 77.4 Å². The van der Waals surface area contributed by atoms with Gasteiger partial charge in [0.2, 0.25) is 0 Å². The Morgan fingerprint density at radius 3 is 2.37 bits per heavy atom. The third-order valence-electron chi connectivity index (χ3n) is 5.79. The van der Waals surface area contributed by atoms with E-state index >= 15 is 0 Å². The van der Waals surface area contributed by atoms with Gasteiger partial charge in [0.05, 0.1) is 11.9 Å². The second-order valence-corrected chi connectivity index (χ2v) is 7.36. The zero-order valence-corrected chi connectivity index (χ0v) is 16.0. The summed E-state index contributed by atoms with van der Waals surface area (Å²) in [5, 5.41) is 0. The fourth-order valence-electron chi connectivity index (χ4n) is 4.45. The van der Waals surface area contributed by atoms with Gasteiger partial charge in [0.25, 0.3) is 0 Å². The van der Waals surface area contributed by atoms with Crippen LogP contribution >= 0.6 is 12.4 Å². The van der Waals surface area contributed by atoms with Gasteiger partial charge in [0.15, 0.2) is 0 Å². The molecule has 5 rings (SSSR count). The second-order valence-electron chi connectivity index (χ2n) is 7.36. The molecular formula is C23H24ClNO2. The Labute approximate surface area is 166 Å². The predicted octanol–water partition coefficient (Wildman–Crippen LogP) is 5.31. The molecule has 1 saturated heterocycles. The van der Waals surface area contributed by atoms with E-state index in [4.69, 9.17) is 9.15 Å². The zero-order chi connectivity index (χ0) is 17.4. The molecule has 0 saturated carbocycles. The Balaban J connectivity index is 0.00000180. The van der Waals surface area contributed by atoms with Crippen LogP contribution in [0.2, 0.25) is 0 Å². The average molecular weight is 382 g/mol. The first-order chi connectivity index (χ1) is 12.8. The van der Waals surface area contributed by atoms with E-state index in [1.807, 2.05) is 12.1 Å². The van der Waals surface area contributed by atoms with Crippen molar-refractivity contribution in [2.24, 2.45) is 0 Å². The smallest absolute Gasteiger partial charge is 0.142 e. The molecule has 0 aliphatic carbocycles. The quantitative estimate of drug-likeness (QED) is 0.614. The van der Waals surface area contributed by atoms with Crippen molar-refractivity contribution in [1.82, 2.24) is 4.90 Å². The SMILES string of the molecule is Cl.c1ccc(CN2CCC3(CC2)OC(c2ccco2)c2ccccc23)cc1. The number of hydrogen-bond donors (Lipinski definition) is 0. The van der Waals surface area contributed by atoms with E-state index in [9.17, 15) is 0 Å². The molecule has 2 aliphatic rings. The van der Waals surface area contributed by atoms with Crippen molar-refractivity contribution in [1.29, 1.82) is 0 Å². The van der Waals surface area contributed by atoms with Gasteiger partial charge in [-0.15, -0.1) is 12.4 Å². The lowest BCUT2D eigenvalue weighted by Gasteiger charge is -2.39. The van der Waals surface area contributed by atoms with Crippen LogP contribution in [0.5, 0.6) is 0 Å². The lowest BCUT2D eigenvalue weighted by molar-refractivity contribution is -0.103. The first-order valence-corrected chi connectivity index (χ1v) is 9.41. The van der Waals surface area contributed by atoms with Crippen molar-refractivity contribution in [3.63, 3.8) is 0 Å². The van der Waals surface area contributed by atoms with Crippen molar-refractivity contribution in [2.75, 3.05) is 13.1 Å². The summed E-state index contributed by atoms with van der Waals surface area (Å²) in [4.78, 5) is 2.53. The summed E-state index contributed by atoms with van der Waals surface area (Å²) in [5.41, 5.74) is 3.81. The minimum atomic E-state index is -0.179. The summed E-state index contributed by atoms with van der Waals surface area (Å²) in [5.74, 6) is 0.904. The number of piperidine rings is 1. The van der Waals surface area contributed by atoms with Gasteiger partial charge in [0, 0.05) is 19.6 Å². The summed E-state index contributed by atoms with van der Waals surface area (Å²) in [6.07, 6.45) is 3.69. The second kappa shape index (κ2) is 7.51. The van der Waals surface area contributed by atoms with E-state index in [-0.39, 0.29) is 24.1 Å². The van der Waals surface area contributed by atoms with E-state index in [0.717, 1.165) is 38.2 Å². The molecule has 2 aliphatic heterocycles. The minimum absolute atomic E-state index is 0. The van der Waals surface area contributed by atoms with Crippen LogP contribution < -0.4 is 0 Å². The number of fused-ring (bicyclic) bond motifs is 2. The first-order valence-electron chi connectivity index (χ1n) is 9.41. The van der Waals surface area contributed by atoms with Gasteiger partial charge in [-0.25, -0.2) is 0 Å². The van der Waals surface area contributed by atoms with Crippen molar-refractivity contribution >= 4 is 12.4 Å². The number of nitrogens with zero attached hydrogens (tertiary/aromatic N) is 1. The highest BCUT2D eigenvalue weighted by Crippen LogP contribution is 2.51. The standard InChI is InChI=1S/C23H23NO2.ClH/c1-2-7-18(8-3-1)17-24-14-12-23(13-15-24)20-10-5-4-9-19(20)22(26-23)21-11-6-16-25-21;/h1-11,16,22H,12-15,17H2;1H. The number of benzene rings is 2. The molecule has 1 aromatic heterocycles. The Kier molecular flexibility index (Phi) is 5.09. The maximum Gasteiger partial charge on any atom is 0.142 e. The highest BCUT2D eigenvalue weighted by atomic mass is 35.5. The molecule has 1 atom stereocenters. The summed E-state index contributed by atoms with van der Waals surface area (Å²) in [7, 11) is 0. The maximum absolute atomic E-state index is 6.68. The van der Waals surface area contributed by atoms with Gasteiger partial charge in [-0.1, -0.05) is 54.6 Å². The maximum atomic E-state index is 6.68. The van der Waals surface area contributed by atoms with Crippen molar-refractivity contribution in [3.8, 4) is 0 Å². The molecule has 1 spiro atoms. The van der Waals surface area contributed by atoms with Crippen molar-refractivity contribution < 1.29 is 9.15 Å². The normalized spacial score (nSPS) is 21.0. The predicted molar refractivity (Wildman–Crippen MR) is 108 cm³/mol. The number of furan rings is 1. The largest absolute Gasteiger partial charge is 0.466 e. The van der Waals surface area contributed by atoms with E-state index in [1.54, 1.807) is 6.26 Å². The average Bonchev–Trinajstić information content (AvgIpc) is 3.32. The van der Waals surface area contributed by atoms with Gasteiger partial charge < -0.3 is 9.15 Å². The van der Waals surface area contributed by atoms with E-state index in [1.165, 1.54) is 16.7 Å². The Morgan fingerprint density at radius 2 is 1.63 bits per heavy atom. The first kappa shape index (κ1) is 18.3. The summed E-state index contributed by atoms with van der Waals surface area (Å²) in [6.45, 7) is 3.11. The van der Waals surface area contributed by atoms with Crippen LogP contribution in [-0.2, 0) is 16.9 Å². The highest BCUT2D eigenvalue weighted by Gasteiger charge is 2.47. The van der Waals surface area contributed by atoms with Crippen LogP contribution in [0, 0.1) is 0 Å². The third-order valence-corrected chi connectivity index (χ3v) is 5.79. The van der Waals surface area contributed by atoms with Crippen molar-refractivity contribution in [3.05, 3.63) is 95.4 Å². The van der Waals surface area contributed by atoms with E-state index in [2.05, 4.69) is 59.5 Å². The molecule has 0 radical (unpaired) electrons. The van der Waals surface area contributed by atoms with Crippen LogP contribution in [0.3, 0.4) is 0 Å². The van der Waals surface area contributed by atoms with Crippen LogP contribution in [-0.4, -0.2) is 18.0 Å². The fraction of sp³-hybridized carbons (Fsp3) is 0.304. The van der Waals surface area contributed by atoms with Gasteiger partial charge in [-0.2, -0.15) is 0 Å². The zero-order valence-electron chi connectivity index (χ0n) is 15.2. The van der Waals surface area contributed by atoms with E-state index < -0.39 is 0 Å². The van der Waals surface area contributed by atoms with Crippen LogP contribution in [0.4, 0.5) is 0 Å². The summed E-state index contributed by atoms with van der Waals surface area (Å²) in [6, 6.07) is 23.3. The molecule has 0 N–H and O–H groups in total. The van der Waals surface area contributed by atoms with Gasteiger partial charge in [-0.3, -0.25) is 4.90 Å². The lowest BCUT2D eigenvalue weighted by atomic mass is 9.83. The fourth-order valence-corrected chi connectivity index (χ4v) is 4.45. The van der Waals surface area contributed by atoms with Crippen LogP contribution in [0.25, 0.3) is 0 Å². The van der Waals surface area contributed by atoms with Gasteiger partial charge in [0.1, 0.15) is 11.9 Å². The highest BCUT2D eigenvalue weighted by molar-refractivity contribution is 5.85. The number of rotatable bonds is 3. The van der Waals surface area contributed by atoms with Crippen LogP contribution in [0.1, 0.15) is 41.4 Å². The Morgan fingerprint density at radius 1 is 0.889 bits per heavy atom. The van der Waals surface area contributed by atoms with Gasteiger partial charge in [-0.05, 0) is 41.7 Å². The molecule has 4 heteroatoms. The molecule has 3 heterocycles. The number of ether oxygens (including phenoxy) is 1. The molecular weight excluding hydrogens is 358 g/mol. The van der Waals surface area contributed by atoms with Crippen molar-refractivity contribution in [2.45, 2.75) is 31.1 Å².